The van der Waals surface area contributed by atoms with Crippen LogP contribution in [0.1, 0.15) is 53.9 Å². The van der Waals surface area contributed by atoms with E-state index in [0.29, 0.717) is 30.6 Å². The Morgan fingerprint density at radius 1 is 0.966 bits per heavy atom. The van der Waals surface area contributed by atoms with Gasteiger partial charge in [-0.1, -0.05) is 95.3 Å². The summed E-state index contributed by atoms with van der Waals surface area (Å²) in [5.74, 6) is 1.49. The summed E-state index contributed by atoms with van der Waals surface area (Å²) in [4.78, 5) is 12.3. The van der Waals surface area contributed by atoms with Crippen molar-refractivity contribution in [3.05, 3.63) is 60.7 Å². The monoisotopic (exact) mass is 408 g/mol. The highest BCUT2D eigenvalue weighted by Crippen LogP contribution is 2.38. The van der Waals surface area contributed by atoms with E-state index in [1.165, 1.54) is 10.4 Å². The summed E-state index contributed by atoms with van der Waals surface area (Å²) in [7, 11) is -2.49. The molecule has 1 aliphatic carbocycles. The fraction of sp³-hybridized carbons (Fsp3) is 0.500. The highest BCUT2D eigenvalue weighted by molar-refractivity contribution is 6.99. The molecule has 0 radical (unpaired) electrons. The Morgan fingerprint density at radius 2 is 1.48 bits per heavy atom. The van der Waals surface area contributed by atoms with Gasteiger partial charge in [-0.2, -0.15) is 0 Å². The summed E-state index contributed by atoms with van der Waals surface area (Å²) in [6, 6.07) is 21.6. The highest BCUT2D eigenvalue weighted by Gasteiger charge is 2.50. The van der Waals surface area contributed by atoms with Gasteiger partial charge in [-0.15, -0.1) is 0 Å². The molecule has 0 aromatic heterocycles. The van der Waals surface area contributed by atoms with E-state index in [-0.39, 0.29) is 11.0 Å². The molecule has 1 saturated carbocycles. The van der Waals surface area contributed by atoms with Crippen LogP contribution in [-0.2, 0) is 9.22 Å². The zero-order valence-corrected chi connectivity index (χ0v) is 19.7. The van der Waals surface area contributed by atoms with Gasteiger partial charge in [0.25, 0.3) is 8.32 Å². The molecular formula is C26H36O2Si. The van der Waals surface area contributed by atoms with E-state index in [1.807, 2.05) is 0 Å². The van der Waals surface area contributed by atoms with Gasteiger partial charge in [-0.25, -0.2) is 0 Å². The van der Waals surface area contributed by atoms with Crippen LogP contribution in [0.3, 0.4) is 0 Å². The van der Waals surface area contributed by atoms with E-state index in [4.69, 9.17) is 4.43 Å². The summed E-state index contributed by atoms with van der Waals surface area (Å²) >= 11 is 0. The average Bonchev–Trinajstić information content (AvgIpc) is 2.71. The molecule has 0 N–H and O–H groups in total. The zero-order valence-electron chi connectivity index (χ0n) is 18.7. The van der Waals surface area contributed by atoms with Gasteiger partial charge in [0.05, 0.1) is 0 Å². The molecule has 1 aliphatic rings. The smallest absolute Gasteiger partial charge is 0.261 e. The highest BCUT2D eigenvalue weighted by atomic mass is 28.4. The van der Waals surface area contributed by atoms with Crippen LogP contribution in [0.4, 0.5) is 0 Å². The lowest BCUT2D eigenvalue weighted by atomic mass is 9.76. The molecule has 1 fully saturated rings. The summed E-state index contributed by atoms with van der Waals surface area (Å²) in [5, 5.41) is 2.63. The maximum Gasteiger partial charge on any atom is 0.261 e. The maximum atomic E-state index is 12.3. The van der Waals surface area contributed by atoms with Gasteiger partial charge in [0, 0.05) is 18.9 Å². The Bertz CT molecular complexity index is 755. The van der Waals surface area contributed by atoms with Crippen molar-refractivity contribution in [2.75, 3.05) is 6.61 Å². The van der Waals surface area contributed by atoms with Crippen molar-refractivity contribution in [2.24, 2.45) is 17.8 Å². The van der Waals surface area contributed by atoms with Crippen LogP contribution < -0.4 is 10.4 Å². The minimum absolute atomic E-state index is 0.00761. The lowest BCUT2D eigenvalue weighted by Crippen LogP contribution is -2.67. The average molecular weight is 409 g/mol. The molecule has 0 aliphatic heterocycles. The molecule has 0 heterocycles. The topological polar surface area (TPSA) is 26.3 Å². The number of carbonyl (C=O) groups excluding carboxylic acids is 1. The largest absolute Gasteiger partial charge is 0.407 e. The minimum atomic E-state index is -2.49. The molecule has 3 heteroatoms. The Labute approximate surface area is 177 Å². The van der Waals surface area contributed by atoms with Crippen molar-refractivity contribution in [3.8, 4) is 0 Å². The van der Waals surface area contributed by atoms with E-state index in [2.05, 4.69) is 95.3 Å². The lowest BCUT2D eigenvalue weighted by molar-refractivity contribution is -0.126. The van der Waals surface area contributed by atoms with E-state index >= 15 is 0 Å². The Hall–Kier alpha value is -1.71. The first-order valence-electron chi connectivity index (χ1n) is 11.0. The van der Waals surface area contributed by atoms with Crippen molar-refractivity contribution in [1.82, 2.24) is 0 Å². The summed E-state index contributed by atoms with van der Waals surface area (Å²) < 4.78 is 7.07. The third-order valence-electron chi connectivity index (χ3n) is 6.77. The van der Waals surface area contributed by atoms with Crippen LogP contribution in [0.2, 0.25) is 5.04 Å². The van der Waals surface area contributed by atoms with E-state index in [1.54, 1.807) is 0 Å². The second-order valence-corrected chi connectivity index (χ2v) is 14.2. The second kappa shape index (κ2) is 8.97. The number of benzene rings is 2. The molecule has 3 atom stereocenters. The molecule has 0 amide bonds. The third kappa shape index (κ3) is 4.56. The molecule has 2 aromatic carbocycles. The SMILES string of the molecule is C[C@H]1CC[C@H]([C@@H](C)CO[Si](c2ccccc2)(c2ccccc2)C(C)(C)C)CC1=O. The number of Topliss-reactive ketones (excluding diaryl/α,β-unsaturated/α-hetero) is 1. The van der Waals surface area contributed by atoms with Gasteiger partial charge in [0.1, 0.15) is 5.78 Å². The maximum absolute atomic E-state index is 12.3. The van der Waals surface area contributed by atoms with Gasteiger partial charge >= 0.3 is 0 Å². The van der Waals surface area contributed by atoms with E-state index in [0.717, 1.165) is 12.8 Å². The Balaban J connectivity index is 1.93. The number of hydrogen-bond acceptors (Lipinski definition) is 2. The number of rotatable bonds is 6. The molecule has 0 unspecified atom stereocenters. The predicted molar refractivity (Wildman–Crippen MR) is 124 cm³/mol. The fourth-order valence-electron chi connectivity index (χ4n) is 4.83. The first-order valence-corrected chi connectivity index (χ1v) is 12.9. The summed E-state index contributed by atoms with van der Waals surface area (Å²) in [5.41, 5.74) is 0. The zero-order chi connectivity index (χ0) is 21.1. The van der Waals surface area contributed by atoms with E-state index in [9.17, 15) is 4.79 Å². The Morgan fingerprint density at radius 3 is 1.93 bits per heavy atom. The molecule has 2 nitrogen and oxygen atoms in total. The van der Waals surface area contributed by atoms with Gasteiger partial charge in [0.2, 0.25) is 0 Å². The minimum Gasteiger partial charge on any atom is -0.407 e. The standard InChI is InChI=1S/C26H36O2Si/c1-20-16-17-22(18-25(20)27)21(2)19-28-29(26(3,4)5,23-12-8-6-9-13-23)24-14-10-7-11-15-24/h6-15,20-22H,16-19H2,1-5H3/t20-,21-,22-/m0/s1. The van der Waals surface area contributed by atoms with Crippen LogP contribution in [0, 0.1) is 17.8 Å². The van der Waals surface area contributed by atoms with Crippen molar-refractivity contribution in [3.63, 3.8) is 0 Å². The fourth-order valence-corrected chi connectivity index (χ4v) is 9.49. The molecular weight excluding hydrogens is 372 g/mol. The third-order valence-corrected chi connectivity index (χ3v) is 11.8. The predicted octanol–water partition coefficient (Wildman–Crippen LogP) is 5.20. The normalized spacial score (nSPS) is 21.8. The quantitative estimate of drug-likeness (QED) is 0.614. The van der Waals surface area contributed by atoms with Gasteiger partial charge in [0.15, 0.2) is 0 Å². The van der Waals surface area contributed by atoms with Crippen molar-refractivity contribution in [1.29, 1.82) is 0 Å². The van der Waals surface area contributed by atoms with Gasteiger partial charge in [-0.05, 0) is 40.1 Å². The van der Waals surface area contributed by atoms with E-state index < -0.39 is 8.32 Å². The van der Waals surface area contributed by atoms with Gasteiger partial charge in [-0.3, -0.25) is 4.79 Å². The number of hydrogen-bond donors (Lipinski definition) is 0. The first-order chi connectivity index (χ1) is 13.8. The van der Waals surface area contributed by atoms with Crippen molar-refractivity contribution in [2.45, 2.75) is 58.9 Å². The van der Waals surface area contributed by atoms with Crippen LogP contribution in [-0.4, -0.2) is 20.7 Å². The molecule has 0 spiro atoms. The molecule has 2 aromatic rings. The number of ketones is 1. The lowest BCUT2D eigenvalue weighted by Gasteiger charge is -2.44. The van der Waals surface area contributed by atoms with Gasteiger partial charge < -0.3 is 4.43 Å². The molecule has 0 saturated heterocycles. The number of carbonyl (C=O) groups is 1. The molecule has 0 bridgehead atoms. The van der Waals surface area contributed by atoms with Crippen molar-refractivity contribution < 1.29 is 9.22 Å². The molecule has 3 rings (SSSR count). The Kier molecular flexibility index (Phi) is 6.80. The van der Waals surface area contributed by atoms with Crippen molar-refractivity contribution >= 4 is 24.5 Å². The summed E-state index contributed by atoms with van der Waals surface area (Å²) in [6.45, 7) is 12.0. The summed E-state index contributed by atoms with van der Waals surface area (Å²) in [6.07, 6.45) is 2.87. The molecule has 156 valence electrons. The van der Waals surface area contributed by atoms with Crippen LogP contribution in [0.15, 0.2) is 60.7 Å². The second-order valence-electron chi connectivity index (χ2n) is 9.86. The first kappa shape index (κ1) is 22.0. The van der Waals surface area contributed by atoms with Crippen LogP contribution in [0.5, 0.6) is 0 Å². The van der Waals surface area contributed by atoms with Crippen LogP contribution >= 0.6 is 0 Å². The van der Waals surface area contributed by atoms with Crippen LogP contribution in [0.25, 0.3) is 0 Å². The molecule has 29 heavy (non-hydrogen) atoms.